The van der Waals surface area contributed by atoms with E-state index in [2.05, 4.69) is 38.5 Å². The number of ether oxygens (including phenoxy) is 2. The van der Waals surface area contributed by atoms with Gasteiger partial charge in [-0.1, -0.05) is 31.4 Å². The summed E-state index contributed by atoms with van der Waals surface area (Å²) in [7, 11) is 0. The fourth-order valence-corrected chi connectivity index (χ4v) is 7.42. The van der Waals surface area contributed by atoms with Crippen molar-refractivity contribution in [2.24, 2.45) is 5.92 Å². The molecule has 4 amide bonds. The van der Waals surface area contributed by atoms with E-state index in [0.717, 1.165) is 76.6 Å². The number of amides is 4. The van der Waals surface area contributed by atoms with Crippen molar-refractivity contribution in [1.29, 1.82) is 0 Å². The van der Waals surface area contributed by atoms with Gasteiger partial charge in [-0.25, -0.2) is 4.68 Å². The predicted octanol–water partition coefficient (Wildman–Crippen LogP) is 2.87. The van der Waals surface area contributed by atoms with E-state index in [1.54, 1.807) is 4.68 Å². The van der Waals surface area contributed by atoms with Crippen molar-refractivity contribution in [3.8, 4) is 0 Å². The van der Waals surface area contributed by atoms with Gasteiger partial charge in [0.25, 0.3) is 0 Å². The first-order valence-electron chi connectivity index (χ1n) is 17.7. The molecule has 266 valence electrons. The molecule has 3 rings (SSSR count). The molecular formula is C33H57N7O6S. The Morgan fingerprint density at radius 2 is 1.51 bits per heavy atom. The highest BCUT2D eigenvalue weighted by atomic mass is 32.2. The second-order valence-electron chi connectivity index (χ2n) is 12.5. The number of thioether (sulfide) groups is 1. The Morgan fingerprint density at radius 3 is 2.19 bits per heavy atom. The molecule has 0 spiro atoms. The molecule has 3 atom stereocenters. The number of hydrogen-bond donors (Lipinski definition) is 4. The standard InChI is InChI=1S/C33H57N7O6S/c1-2-18-45-20-21-46-19-17-40-24-27(38-39-40)23-36-31(43)13-6-4-10-15-34-29(41)12-5-3-9-16-35-30(42)14-8-7-11-28-33-26(25-47-28)22-32(44)37-33/h24,26,28,33H,2-23,25H2,1H3,(H,34,41)(H,35,42)(H,36,43)(H,37,44)/t26?,28-,33?/m0/s1. The van der Waals surface area contributed by atoms with Crippen LogP contribution in [0.25, 0.3) is 0 Å². The quantitative estimate of drug-likeness (QED) is 0.102. The number of carbonyl (C=O) groups is 4. The van der Waals surface area contributed by atoms with Crippen LogP contribution in [0.15, 0.2) is 6.20 Å². The fourth-order valence-electron chi connectivity index (χ4n) is 5.77. The van der Waals surface area contributed by atoms with Gasteiger partial charge in [-0.15, -0.1) is 5.10 Å². The molecule has 47 heavy (non-hydrogen) atoms. The minimum atomic E-state index is -0.0204. The third-order valence-corrected chi connectivity index (χ3v) is 9.97. The molecule has 0 aliphatic carbocycles. The summed E-state index contributed by atoms with van der Waals surface area (Å²) in [6, 6.07) is 0.333. The number of rotatable bonds is 27. The van der Waals surface area contributed by atoms with E-state index >= 15 is 0 Å². The van der Waals surface area contributed by atoms with Gasteiger partial charge in [0.1, 0.15) is 5.69 Å². The molecule has 0 saturated carbocycles. The zero-order valence-corrected chi connectivity index (χ0v) is 29.1. The van der Waals surface area contributed by atoms with E-state index in [4.69, 9.17) is 9.47 Å². The molecule has 1 aromatic heterocycles. The maximum atomic E-state index is 12.2. The van der Waals surface area contributed by atoms with Gasteiger partial charge in [-0.05, 0) is 56.6 Å². The topological polar surface area (TPSA) is 166 Å². The third-order valence-electron chi connectivity index (χ3n) is 8.39. The molecule has 13 nitrogen and oxygen atoms in total. The zero-order valence-electron chi connectivity index (χ0n) is 28.3. The number of aromatic nitrogens is 3. The maximum absolute atomic E-state index is 12.2. The van der Waals surface area contributed by atoms with Gasteiger partial charge in [-0.3, -0.25) is 19.2 Å². The second-order valence-corrected chi connectivity index (χ2v) is 13.7. The molecule has 0 radical (unpaired) electrons. The molecule has 0 bridgehead atoms. The molecular weight excluding hydrogens is 622 g/mol. The van der Waals surface area contributed by atoms with Gasteiger partial charge >= 0.3 is 0 Å². The maximum Gasteiger partial charge on any atom is 0.220 e. The highest BCUT2D eigenvalue weighted by molar-refractivity contribution is 8.00. The smallest absolute Gasteiger partial charge is 0.220 e. The largest absolute Gasteiger partial charge is 0.379 e. The van der Waals surface area contributed by atoms with Crippen molar-refractivity contribution in [3.63, 3.8) is 0 Å². The summed E-state index contributed by atoms with van der Waals surface area (Å²) in [5, 5.41) is 20.6. The Balaban J connectivity index is 1.05. The van der Waals surface area contributed by atoms with Crippen LogP contribution >= 0.6 is 11.8 Å². The SMILES string of the molecule is CCCOCCOCCn1cc(CNC(=O)CCCCCNC(=O)CCCCCNC(=O)CCCC[C@@H]2SCC3CC(=O)NC32)nn1. The van der Waals surface area contributed by atoms with E-state index in [1.807, 2.05) is 18.0 Å². The molecule has 2 aliphatic rings. The lowest BCUT2D eigenvalue weighted by molar-refractivity contribution is -0.122. The Hall–Kier alpha value is -2.71. The van der Waals surface area contributed by atoms with E-state index < -0.39 is 0 Å². The summed E-state index contributed by atoms with van der Waals surface area (Å²) in [6.45, 7) is 6.70. The highest BCUT2D eigenvalue weighted by Crippen LogP contribution is 2.39. The molecule has 14 heteroatoms. The number of fused-ring (bicyclic) bond motifs is 1. The lowest BCUT2D eigenvalue weighted by atomic mass is 9.97. The molecule has 2 aliphatic heterocycles. The van der Waals surface area contributed by atoms with Crippen LogP contribution in [-0.4, -0.2) is 95.2 Å². The summed E-state index contributed by atoms with van der Waals surface area (Å²) in [6.07, 6.45) is 12.9. The Bertz CT molecular complexity index is 1070. The average molecular weight is 680 g/mol. The monoisotopic (exact) mass is 679 g/mol. The second kappa shape index (κ2) is 23.6. The van der Waals surface area contributed by atoms with Crippen LogP contribution in [0.3, 0.4) is 0 Å². The van der Waals surface area contributed by atoms with Crippen molar-refractivity contribution in [2.75, 3.05) is 45.3 Å². The number of nitrogens with one attached hydrogen (secondary N) is 4. The van der Waals surface area contributed by atoms with Crippen molar-refractivity contribution in [2.45, 2.75) is 121 Å². The van der Waals surface area contributed by atoms with E-state index in [1.165, 1.54) is 0 Å². The lowest BCUT2D eigenvalue weighted by Crippen LogP contribution is -2.34. The first-order valence-corrected chi connectivity index (χ1v) is 18.7. The predicted molar refractivity (Wildman–Crippen MR) is 182 cm³/mol. The lowest BCUT2D eigenvalue weighted by Gasteiger charge is -2.17. The van der Waals surface area contributed by atoms with Gasteiger partial charge in [0, 0.05) is 56.7 Å². The summed E-state index contributed by atoms with van der Waals surface area (Å²) < 4.78 is 12.6. The Labute approximate surface area is 284 Å². The molecule has 3 heterocycles. The van der Waals surface area contributed by atoms with Crippen LogP contribution in [-0.2, 0) is 41.7 Å². The summed E-state index contributed by atoms with van der Waals surface area (Å²) in [5.41, 5.74) is 0.706. The minimum absolute atomic E-state index is 0.0204. The van der Waals surface area contributed by atoms with E-state index in [9.17, 15) is 19.2 Å². The molecule has 2 saturated heterocycles. The van der Waals surface area contributed by atoms with Crippen molar-refractivity contribution in [1.82, 2.24) is 36.3 Å². The zero-order chi connectivity index (χ0) is 33.5. The van der Waals surface area contributed by atoms with Gasteiger partial charge in [0.05, 0.1) is 39.1 Å². The van der Waals surface area contributed by atoms with Gasteiger partial charge in [0.2, 0.25) is 23.6 Å². The number of carbonyl (C=O) groups excluding carboxylic acids is 4. The van der Waals surface area contributed by atoms with Crippen LogP contribution in [0.1, 0.15) is 103 Å². The molecule has 2 fully saturated rings. The van der Waals surface area contributed by atoms with E-state index in [-0.39, 0.29) is 23.6 Å². The summed E-state index contributed by atoms with van der Waals surface area (Å²) >= 11 is 1.97. The van der Waals surface area contributed by atoms with Crippen molar-refractivity contribution in [3.05, 3.63) is 11.9 Å². The fraction of sp³-hybridized carbons (Fsp3) is 0.818. The number of hydrogen-bond acceptors (Lipinski definition) is 9. The van der Waals surface area contributed by atoms with Crippen molar-refractivity contribution < 1.29 is 28.7 Å². The normalized spacial score (nSPS) is 18.6. The average Bonchev–Trinajstić information content (AvgIpc) is 3.77. The van der Waals surface area contributed by atoms with Crippen LogP contribution in [0.2, 0.25) is 0 Å². The Kier molecular flexibility index (Phi) is 19.4. The van der Waals surface area contributed by atoms with Crippen LogP contribution in [0, 0.1) is 5.92 Å². The third kappa shape index (κ3) is 16.8. The molecule has 1 aromatic rings. The number of unbranched alkanes of at least 4 members (excludes halogenated alkanes) is 5. The molecule has 0 aromatic carbocycles. The summed E-state index contributed by atoms with van der Waals surface area (Å²) in [4.78, 5) is 48.0. The van der Waals surface area contributed by atoms with Crippen LogP contribution in [0.4, 0.5) is 0 Å². The van der Waals surface area contributed by atoms with Crippen LogP contribution in [0.5, 0.6) is 0 Å². The van der Waals surface area contributed by atoms with Gasteiger partial charge in [-0.2, -0.15) is 11.8 Å². The van der Waals surface area contributed by atoms with Gasteiger partial charge < -0.3 is 30.7 Å². The summed E-state index contributed by atoms with van der Waals surface area (Å²) in [5.74, 6) is 1.88. The first-order chi connectivity index (χ1) is 22.9. The van der Waals surface area contributed by atoms with Crippen molar-refractivity contribution >= 4 is 35.4 Å². The molecule has 4 N–H and O–H groups in total. The van der Waals surface area contributed by atoms with Gasteiger partial charge in [0.15, 0.2) is 0 Å². The minimum Gasteiger partial charge on any atom is -0.379 e. The van der Waals surface area contributed by atoms with E-state index in [0.29, 0.717) is 94.6 Å². The van der Waals surface area contributed by atoms with Crippen LogP contribution < -0.4 is 21.3 Å². The first kappa shape index (κ1) is 38.7. The molecule has 2 unspecified atom stereocenters. The Morgan fingerprint density at radius 1 is 0.872 bits per heavy atom. The highest BCUT2D eigenvalue weighted by Gasteiger charge is 2.42. The number of nitrogens with zero attached hydrogens (tertiary/aromatic N) is 3.